The molecule has 0 spiro atoms. The van der Waals surface area contributed by atoms with E-state index in [4.69, 9.17) is 4.74 Å². The van der Waals surface area contributed by atoms with E-state index in [1.54, 1.807) is 6.07 Å². The van der Waals surface area contributed by atoms with Crippen LogP contribution in [0.4, 0.5) is 0 Å². The monoisotopic (exact) mass is 391 g/mol. The van der Waals surface area contributed by atoms with E-state index in [2.05, 4.69) is 10.4 Å². The molecular weight excluding hydrogens is 366 g/mol. The second-order valence-corrected chi connectivity index (χ2v) is 8.11. The molecule has 1 fully saturated rings. The summed E-state index contributed by atoms with van der Waals surface area (Å²) in [6.45, 7) is 4.55. The number of carbonyl (C=O) groups is 1. The first-order valence-electron chi connectivity index (χ1n) is 9.91. The molecule has 0 unspecified atom stereocenters. The number of hydrogen-bond donors (Lipinski definition) is 1. The van der Waals surface area contributed by atoms with E-state index < -0.39 is 0 Å². The predicted octanol–water partition coefficient (Wildman–Crippen LogP) is 3.14. The average Bonchev–Trinajstić information content (AvgIpc) is 2.68. The normalized spacial score (nSPS) is 18.5. The first-order valence-corrected chi connectivity index (χ1v) is 9.91. The standard InChI is InChI=1S/C23H25N3O3/c1-23(2)14-17(12-13-29-23)24-21(27)15-26-22(28)11-10-20(25-26)19-9-5-7-16-6-3-4-8-18(16)19/h3-11,17H,12-15H2,1-2H3,(H,24,27)/t17-/m1/s1. The van der Waals surface area contributed by atoms with Crippen LogP contribution in [0, 0.1) is 0 Å². The van der Waals surface area contributed by atoms with Crippen LogP contribution < -0.4 is 10.9 Å². The lowest BCUT2D eigenvalue weighted by Gasteiger charge is -2.35. The van der Waals surface area contributed by atoms with Crippen LogP contribution in [0.5, 0.6) is 0 Å². The van der Waals surface area contributed by atoms with Crippen LogP contribution in [0.2, 0.25) is 0 Å². The van der Waals surface area contributed by atoms with Gasteiger partial charge in [-0.3, -0.25) is 9.59 Å². The Hall–Kier alpha value is -2.99. The fourth-order valence-electron chi connectivity index (χ4n) is 3.92. The fourth-order valence-corrected chi connectivity index (χ4v) is 3.92. The highest BCUT2D eigenvalue weighted by Gasteiger charge is 2.29. The molecule has 1 saturated heterocycles. The number of benzene rings is 2. The molecule has 29 heavy (non-hydrogen) atoms. The molecule has 3 aromatic rings. The molecule has 0 radical (unpaired) electrons. The van der Waals surface area contributed by atoms with Gasteiger partial charge in [-0.05, 0) is 43.5 Å². The topological polar surface area (TPSA) is 73.2 Å². The molecule has 1 aliphatic heterocycles. The minimum Gasteiger partial charge on any atom is -0.375 e. The van der Waals surface area contributed by atoms with E-state index in [-0.39, 0.29) is 29.7 Å². The summed E-state index contributed by atoms with van der Waals surface area (Å²) in [4.78, 5) is 24.9. The minimum atomic E-state index is -0.295. The van der Waals surface area contributed by atoms with Crippen LogP contribution in [0.25, 0.3) is 22.0 Å². The van der Waals surface area contributed by atoms with E-state index in [9.17, 15) is 9.59 Å². The van der Waals surface area contributed by atoms with E-state index in [0.717, 1.165) is 29.2 Å². The molecule has 1 aromatic heterocycles. The summed E-state index contributed by atoms with van der Waals surface area (Å²) in [5.74, 6) is -0.211. The molecule has 0 bridgehead atoms. The number of carbonyl (C=O) groups excluding carboxylic acids is 1. The Bertz CT molecular complexity index is 1100. The zero-order valence-corrected chi connectivity index (χ0v) is 16.7. The first kappa shape index (κ1) is 19.3. The van der Waals surface area contributed by atoms with Crippen LogP contribution >= 0.6 is 0 Å². The Labute approximate surface area is 169 Å². The fraction of sp³-hybridized carbons (Fsp3) is 0.348. The van der Waals surface area contributed by atoms with Gasteiger partial charge < -0.3 is 10.1 Å². The number of fused-ring (bicyclic) bond motifs is 1. The van der Waals surface area contributed by atoms with Gasteiger partial charge in [0.1, 0.15) is 6.54 Å². The summed E-state index contributed by atoms with van der Waals surface area (Å²) in [5.41, 5.74) is 1.06. The Morgan fingerprint density at radius 2 is 1.97 bits per heavy atom. The molecule has 1 atom stereocenters. The summed E-state index contributed by atoms with van der Waals surface area (Å²) < 4.78 is 6.93. The highest BCUT2D eigenvalue weighted by atomic mass is 16.5. The number of hydrogen-bond acceptors (Lipinski definition) is 4. The summed E-state index contributed by atoms with van der Waals surface area (Å²) >= 11 is 0. The third-order valence-corrected chi connectivity index (χ3v) is 5.29. The predicted molar refractivity (Wildman–Crippen MR) is 113 cm³/mol. The second kappa shape index (κ2) is 7.79. The second-order valence-electron chi connectivity index (χ2n) is 8.11. The molecule has 6 heteroatoms. The summed E-state index contributed by atoms with van der Waals surface area (Å²) in [7, 11) is 0. The van der Waals surface area contributed by atoms with Gasteiger partial charge in [-0.2, -0.15) is 5.10 Å². The third kappa shape index (κ3) is 4.38. The van der Waals surface area contributed by atoms with Gasteiger partial charge in [0.25, 0.3) is 5.56 Å². The number of aromatic nitrogens is 2. The van der Waals surface area contributed by atoms with E-state index in [1.807, 2.05) is 56.3 Å². The van der Waals surface area contributed by atoms with Gasteiger partial charge in [-0.15, -0.1) is 0 Å². The van der Waals surface area contributed by atoms with Crippen LogP contribution in [0.3, 0.4) is 0 Å². The quantitative estimate of drug-likeness (QED) is 0.742. The lowest BCUT2D eigenvalue weighted by Crippen LogP contribution is -2.47. The largest absolute Gasteiger partial charge is 0.375 e. The van der Waals surface area contributed by atoms with Crippen molar-refractivity contribution in [1.29, 1.82) is 0 Å². The zero-order valence-electron chi connectivity index (χ0n) is 16.7. The summed E-state index contributed by atoms with van der Waals surface area (Å²) in [6, 6.07) is 17.2. The molecule has 4 rings (SSSR count). The maximum Gasteiger partial charge on any atom is 0.267 e. The molecule has 150 valence electrons. The highest BCUT2D eigenvalue weighted by Crippen LogP contribution is 2.26. The van der Waals surface area contributed by atoms with E-state index >= 15 is 0 Å². The number of amides is 1. The summed E-state index contributed by atoms with van der Waals surface area (Å²) in [5, 5.41) is 9.65. The first-order chi connectivity index (χ1) is 13.9. The molecule has 0 saturated carbocycles. The molecule has 2 heterocycles. The number of ether oxygens (including phenoxy) is 1. The zero-order chi connectivity index (χ0) is 20.4. The number of rotatable bonds is 4. The van der Waals surface area contributed by atoms with Crippen molar-refractivity contribution in [3.05, 3.63) is 65.0 Å². The Morgan fingerprint density at radius 3 is 2.79 bits per heavy atom. The third-order valence-electron chi connectivity index (χ3n) is 5.29. The lowest BCUT2D eigenvalue weighted by molar-refractivity contribution is -0.124. The summed E-state index contributed by atoms with van der Waals surface area (Å²) in [6.07, 6.45) is 1.52. The molecule has 1 amide bonds. The smallest absolute Gasteiger partial charge is 0.267 e. The van der Waals surface area contributed by atoms with Crippen molar-refractivity contribution >= 4 is 16.7 Å². The number of nitrogens with zero attached hydrogens (tertiary/aromatic N) is 2. The lowest BCUT2D eigenvalue weighted by atomic mass is 9.94. The maximum absolute atomic E-state index is 12.6. The average molecular weight is 391 g/mol. The van der Waals surface area contributed by atoms with Gasteiger partial charge >= 0.3 is 0 Å². The van der Waals surface area contributed by atoms with Crippen molar-refractivity contribution < 1.29 is 9.53 Å². The Morgan fingerprint density at radius 1 is 1.17 bits per heavy atom. The van der Waals surface area contributed by atoms with Crippen LogP contribution in [0.1, 0.15) is 26.7 Å². The van der Waals surface area contributed by atoms with Crippen molar-refractivity contribution in [2.24, 2.45) is 0 Å². The molecule has 6 nitrogen and oxygen atoms in total. The van der Waals surface area contributed by atoms with Gasteiger partial charge in [0.05, 0.1) is 11.3 Å². The van der Waals surface area contributed by atoms with Crippen molar-refractivity contribution in [2.45, 2.75) is 44.9 Å². The minimum absolute atomic E-state index is 0.0446. The van der Waals surface area contributed by atoms with Crippen LogP contribution in [-0.4, -0.2) is 33.9 Å². The van der Waals surface area contributed by atoms with Gasteiger partial charge in [0.15, 0.2) is 0 Å². The van der Waals surface area contributed by atoms with Crippen LogP contribution in [-0.2, 0) is 16.1 Å². The number of nitrogens with one attached hydrogen (secondary N) is 1. The molecule has 1 aliphatic rings. The maximum atomic E-state index is 12.6. The SMILES string of the molecule is CC1(C)C[C@H](NC(=O)Cn2nc(-c3cccc4ccccc34)ccc2=O)CCO1. The van der Waals surface area contributed by atoms with Gasteiger partial charge in [0, 0.05) is 24.3 Å². The Kier molecular flexibility index (Phi) is 5.20. The molecular formula is C23H25N3O3. The molecule has 2 aromatic carbocycles. The van der Waals surface area contributed by atoms with Crippen molar-refractivity contribution in [3.63, 3.8) is 0 Å². The van der Waals surface area contributed by atoms with Crippen molar-refractivity contribution in [1.82, 2.24) is 15.1 Å². The van der Waals surface area contributed by atoms with Crippen LogP contribution in [0.15, 0.2) is 59.4 Å². The van der Waals surface area contributed by atoms with Gasteiger partial charge in [0.2, 0.25) is 5.91 Å². The molecule has 0 aliphatic carbocycles. The molecule has 1 N–H and O–H groups in total. The Balaban J connectivity index is 1.56. The van der Waals surface area contributed by atoms with E-state index in [1.165, 1.54) is 10.7 Å². The highest BCUT2D eigenvalue weighted by molar-refractivity contribution is 5.95. The van der Waals surface area contributed by atoms with E-state index in [0.29, 0.717) is 12.3 Å². The van der Waals surface area contributed by atoms with Gasteiger partial charge in [-0.25, -0.2) is 4.68 Å². The van der Waals surface area contributed by atoms with Crippen molar-refractivity contribution in [3.8, 4) is 11.3 Å². The van der Waals surface area contributed by atoms with Crippen molar-refractivity contribution in [2.75, 3.05) is 6.61 Å². The van der Waals surface area contributed by atoms with Gasteiger partial charge in [-0.1, -0.05) is 42.5 Å².